The van der Waals surface area contributed by atoms with Crippen molar-refractivity contribution in [2.75, 3.05) is 11.9 Å². The molecule has 0 aliphatic carbocycles. The number of nitrogens with one attached hydrogen (secondary N) is 1. The highest BCUT2D eigenvalue weighted by Crippen LogP contribution is 2.20. The second-order valence-electron chi connectivity index (χ2n) is 5.05. The van der Waals surface area contributed by atoms with Crippen molar-refractivity contribution in [3.63, 3.8) is 0 Å². The van der Waals surface area contributed by atoms with Crippen molar-refractivity contribution in [3.05, 3.63) is 41.4 Å². The fourth-order valence-corrected chi connectivity index (χ4v) is 2.56. The van der Waals surface area contributed by atoms with E-state index >= 15 is 0 Å². The van der Waals surface area contributed by atoms with Crippen LogP contribution in [0.3, 0.4) is 0 Å². The maximum atomic E-state index is 13.2. The van der Waals surface area contributed by atoms with E-state index in [1.54, 1.807) is 13.0 Å². The highest BCUT2D eigenvalue weighted by atomic mass is 79.9. The van der Waals surface area contributed by atoms with Gasteiger partial charge in [-0.25, -0.2) is 9.38 Å². The summed E-state index contributed by atoms with van der Waals surface area (Å²) in [6.45, 7) is 6.13. The van der Waals surface area contributed by atoms with Gasteiger partial charge in [-0.05, 0) is 66.7 Å². The Hall–Kier alpha value is -1.89. The minimum Gasteiger partial charge on any atom is -0.404 e. The third-order valence-electron chi connectivity index (χ3n) is 3.05. The first-order valence-corrected chi connectivity index (χ1v) is 8.10. The fourth-order valence-electron chi connectivity index (χ4n) is 2.01. The second kappa shape index (κ2) is 9.29. The Bertz CT molecular complexity index is 621. The maximum Gasteiger partial charge on any atom is 0.124 e. The first-order chi connectivity index (χ1) is 10.9. The molecule has 1 unspecified atom stereocenters. The van der Waals surface area contributed by atoms with E-state index in [-0.39, 0.29) is 12.0 Å². The van der Waals surface area contributed by atoms with Gasteiger partial charge in [0.2, 0.25) is 0 Å². The van der Waals surface area contributed by atoms with Gasteiger partial charge in [-0.2, -0.15) is 0 Å². The predicted octanol–water partition coefficient (Wildman–Crippen LogP) is 3.30. The van der Waals surface area contributed by atoms with Crippen LogP contribution >= 0.6 is 15.9 Å². The smallest absolute Gasteiger partial charge is 0.124 e. The molecular formula is C16H23BrFN5. The minimum absolute atomic E-state index is 0.275. The molecule has 0 aromatic heterocycles. The molecule has 0 saturated heterocycles. The highest BCUT2D eigenvalue weighted by Gasteiger charge is 2.14. The molecule has 0 bridgehead atoms. The van der Waals surface area contributed by atoms with E-state index in [1.165, 1.54) is 18.3 Å². The quantitative estimate of drug-likeness (QED) is 0.498. The summed E-state index contributed by atoms with van der Waals surface area (Å²) in [6.07, 6.45) is 1.65. The summed E-state index contributed by atoms with van der Waals surface area (Å²) in [7, 11) is 0. The molecule has 5 N–H and O–H groups in total. The number of aryl methyl sites for hydroxylation is 1. The Morgan fingerprint density at radius 1 is 1.48 bits per heavy atom. The summed E-state index contributed by atoms with van der Waals surface area (Å²) in [5.41, 5.74) is 13.8. The van der Waals surface area contributed by atoms with Gasteiger partial charge in [0, 0.05) is 24.2 Å². The van der Waals surface area contributed by atoms with Crippen molar-refractivity contribution in [1.82, 2.24) is 0 Å². The largest absolute Gasteiger partial charge is 0.404 e. The normalized spacial score (nSPS) is 14.7. The van der Waals surface area contributed by atoms with Crippen molar-refractivity contribution >= 4 is 32.1 Å². The molecular weight excluding hydrogens is 361 g/mol. The van der Waals surface area contributed by atoms with Gasteiger partial charge in [0.1, 0.15) is 16.6 Å². The SMILES string of the molecule is CCN=C(Br)C(=CN)CC(N=C(C)N)Nc1ccc(F)cc1C. The summed E-state index contributed by atoms with van der Waals surface area (Å²) in [4.78, 5) is 8.68. The predicted molar refractivity (Wildman–Crippen MR) is 99.6 cm³/mol. The standard InChI is InChI=1S/C16H23BrFN5/c1-4-21-16(17)12(9-19)8-15(22-11(3)20)23-14-6-5-13(18)7-10(14)2/h5-7,9,15,23H,4,8,19H2,1-3H3,(H2,20,22). The number of hydrogen-bond acceptors (Lipinski definition) is 4. The van der Waals surface area contributed by atoms with Crippen LogP contribution in [0.2, 0.25) is 0 Å². The number of amidine groups is 1. The van der Waals surface area contributed by atoms with Gasteiger partial charge in [0.05, 0.1) is 5.84 Å². The molecule has 0 radical (unpaired) electrons. The molecule has 0 aliphatic heterocycles. The fraction of sp³-hybridized carbons (Fsp3) is 0.375. The molecule has 1 aromatic carbocycles. The molecule has 0 amide bonds. The molecule has 1 atom stereocenters. The number of anilines is 1. The Kier molecular flexibility index (Phi) is 7.74. The van der Waals surface area contributed by atoms with Crippen LogP contribution in [0.4, 0.5) is 10.1 Å². The van der Waals surface area contributed by atoms with E-state index in [0.717, 1.165) is 16.8 Å². The van der Waals surface area contributed by atoms with E-state index in [0.29, 0.717) is 23.4 Å². The van der Waals surface area contributed by atoms with E-state index in [4.69, 9.17) is 11.5 Å². The zero-order chi connectivity index (χ0) is 17.4. The Morgan fingerprint density at radius 3 is 2.70 bits per heavy atom. The molecule has 0 heterocycles. The van der Waals surface area contributed by atoms with Gasteiger partial charge in [0.15, 0.2) is 0 Å². The van der Waals surface area contributed by atoms with Crippen LogP contribution in [0.25, 0.3) is 0 Å². The molecule has 0 fully saturated rings. The molecule has 126 valence electrons. The lowest BCUT2D eigenvalue weighted by Gasteiger charge is -2.19. The molecule has 7 heteroatoms. The van der Waals surface area contributed by atoms with Crippen LogP contribution in [0.1, 0.15) is 25.8 Å². The Balaban J connectivity index is 3.01. The average Bonchev–Trinajstić information content (AvgIpc) is 2.47. The number of nitrogens with zero attached hydrogens (tertiary/aromatic N) is 2. The topological polar surface area (TPSA) is 88.8 Å². The van der Waals surface area contributed by atoms with Crippen molar-refractivity contribution in [3.8, 4) is 0 Å². The van der Waals surface area contributed by atoms with Gasteiger partial charge in [0.25, 0.3) is 0 Å². The van der Waals surface area contributed by atoms with Crippen LogP contribution in [0.15, 0.2) is 40.0 Å². The summed E-state index contributed by atoms with van der Waals surface area (Å²) >= 11 is 3.41. The zero-order valence-electron chi connectivity index (χ0n) is 13.6. The van der Waals surface area contributed by atoms with Gasteiger partial charge in [-0.1, -0.05) is 0 Å². The lowest BCUT2D eigenvalue weighted by atomic mass is 10.1. The first-order valence-electron chi connectivity index (χ1n) is 7.31. The third kappa shape index (κ3) is 6.40. The van der Waals surface area contributed by atoms with E-state index in [1.807, 2.05) is 13.8 Å². The zero-order valence-corrected chi connectivity index (χ0v) is 15.2. The second-order valence-corrected chi connectivity index (χ2v) is 5.80. The minimum atomic E-state index is -0.335. The number of aliphatic imine (C=N–C) groups is 2. The number of hydrogen-bond donors (Lipinski definition) is 3. The number of rotatable bonds is 7. The van der Waals surface area contributed by atoms with Crippen molar-refractivity contribution in [2.24, 2.45) is 21.5 Å². The Morgan fingerprint density at radius 2 is 2.17 bits per heavy atom. The summed E-state index contributed by atoms with van der Waals surface area (Å²) in [5.74, 6) is 0.172. The first kappa shape index (κ1) is 19.2. The number of nitrogens with two attached hydrogens (primary N) is 2. The third-order valence-corrected chi connectivity index (χ3v) is 3.81. The molecule has 5 nitrogen and oxygen atoms in total. The van der Waals surface area contributed by atoms with Crippen LogP contribution in [-0.4, -0.2) is 23.2 Å². The molecule has 0 saturated carbocycles. The van der Waals surface area contributed by atoms with Crippen molar-refractivity contribution < 1.29 is 4.39 Å². The van der Waals surface area contributed by atoms with E-state index in [2.05, 4.69) is 31.2 Å². The summed E-state index contributed by atoms with van der Waals surface area (Å²) < 4.78 is 13.9. The van der Waals surface area contributed by atoms with Crippen LogP contribution < -0.4 is 16.8 Å². The van der Waals surface area contributed by atoms with Gasteiger partial charge in [-0.15, -0.1) is 0 Å². The van der Waals surface area contributed by atoms with Gasteiger partial charge in [-0.3, -0.25) is 4.99 Å². The highest BCUT2D eigenvalue weighted by molar-refractivity contribution is 9.18. The average molecular weight is 384 g/mol. The summed E-state index contributed by atoms with van der Waals surface area (Å²) in [5, 5.41) is 3.26. The van der Waals surface area contributed by atoms with Crippen LogP contribution in [0.5, 0.6) is 0 Å². The lowest BCUT2D eigenvalue weighted by molar-refractivity contribution is 0.626. The summed E-state index contributed by atoms with van der Waals surface area (Å²) in [6, 6.07) is 4.55. The Labute approximate surface area is 144 Å². The van der Waals surface area contributed by atoms with E-state index < -0.39 is 0 Å². The van der Waals surface area contributed by atoms with Crippen LogP contribution in [0, 0.1) is 12.7 Å². The molecule has 1 aromatic rings. The van der Waals surface area contributed by atoms with Crippen molar-refractivity contribution in [2.45, 2.75) is 33.4 Å². The van der Waals surface area contributed by atoms with Crippen molar-refractivity contribution in [1.29, 1.82) is 0 Å². The van der Waals surface area contributed by atoms with E-state index in [9.17, 15) is 4.39 Å². The molecule has 1 rings (SSSR count). The number of halogens is 2. The van der Waals surface area contributed by atoms with Gasteiger partial charge >= 0.3 is 0 Å². The maximum absolute atomic E-state index is 13.2. The van der Waals surface area contributed by atoms with Gasteiger partial charge < -0.3 is 16.8 Å². The lowest BCUT2D eigenvalue weighted by Crippen LogP contribution is -2.23. The monoisotopic (exact) mass is 383 g/mol. The molecule has 23 heavy (non-hydrogen) atoms. The molecule has 0 aliphatic rings. The van der Waals surface area contributed by atoms with Crippen LogP contribution in [-0.2, 0) is 0 Å². The molecule has 0 spiro atoms. The number of benzene rings is 1.